The smallest absolute Gasteiger partial charge is 0.0406 e. The topological polar surface area (TPSA) is 12.0 Å². The highest BCUT2D eigenvalue weighted by atomic mass is 35.5. The van der Waals surface area contributed by atoms with Crippen molar-refractivity contribution in [1.82, 2.24) is 5.32 Å². The number of nitrogens with one attached hydrogen (secondary N) is 1. The second-order valence-electron chi connectivity index (χ2n) is 5.43. The van der Waals surface area contributed by atoms with Crippen LogP contribution in [0.3, 0.4) is 0 Å². The summed E-state index contributed by atoms with van der Waals surface area (Å²) in [4.78, 5) is 0. The Bertz CT molecular complexity index is 549. The molecule has 0 fully saturated rings. The van der Waals surface area contributed by atoms with Crippen LogP contribution >= 0.6 is 11.6 Å². The minimum absolute atomic E-state index is 0.799. The van der Waals surface area contributed by atoms with Crippen molar-refractivity contribution in [2.75, 3.05) is 6.54 Å². The van der Waals surface area contributed by atoms with Crippen LogP contribution in [0.2, 0.25) is 5.02 Å². The summed E-state index contributed by atoms with van der Waals surface area (Å²) in [5, 5.41) is 4.33. The Morgan fingerprint density at radius 3 is 2.15 bits per heavy atom. The van der Waals surface area contributed by atoms with E-state index in [1.807, 2.05) is 12.1 Å². The van der Waals surface area contributed by atoms with Gasteiger partial charge in [-0.1, -0.05) is 41.4 Å². The van der Waals surface area contributed by atoms with Crippen molar-refractivity contribution in [2.24, 2.45) is 0 Å². The number of hydrogen-bond acceptors (Lipinski definition) is 1. The maximum Gasteiger partial charge on any atom is 0.0406 e. The van der Waals surface area contributed by atoms with E-state index in [1.165, 1.54) is 27.8 Å². The van der Waals surface area contributed by atoms with Gasteiger partial charge in [-0.3, -0.25) is 0 Å². The van der Waals surface area contributed by atoms with Crippen LogP contribution in [0.15, 0.2) is 36.4 Å². The van der Waals surface area contributed by atoms with Gasteiger partial charge < -0.3 is 5.32 Å². The third-order valence-electron chi connectivity index (χ3n) is 3.65. The molecule has 0 heterocycles. The fourth-order valence-corrected chi connectivity index (χ4v) is 2.71. The Morgan fingerprint density at radius 2 is 1.55 bits per heavy atom. The highest BCUT2D eigenvalue weighted by Gasteiger charge is 2.03. The molecule has 2 heteroatoms. The van der Waals surface area contributed by atoms with E-state index < -0.39 is 0 Å². The molecule has 0 radical (unpaired) electrons. The van der Waals surface area contributed by atoms with Crippen molar-refractivity contribution in [3.63, 3.8) is 0 Å². The van der Waals surface area contributed by atoms with Gasteiger partial charge in [-0.05, 0) is 68.1 Å². The SMILES string of the molecule is Cc1cc(C)c(CNCCc2ccc(Cl)cc2)c(C)c1. The normalized spacial score (nSPS) is 10.8. The first-order valence-corrected chi connectivity index (χ1v) is 7.46. The fourth-order valence-electron chi connectivity index (χ4n) is 2.59. The summed E-state index contributed by atoms with van der Waals surface area (Å²) in [7, 11) is 0. The zero-order chi connectivity index (χ0) is 14.5. The van der Waals surface area contributed by atoms with Crippen LogP contribution < -0.4 is 5.32 Å². The first-order chi connectivity index (χ1) is 9.56. The van der Waals surface area contributed by atoms with E-state index in [1.54, 1.807) is 0 Å². The molecule has 0 amide bonds. The lowest BCUT2D eigenvalue weighted by molar-refractivity contribution is 0.682. The maximum atomic E-state index is 5.88. The second-order valence-corrected chi connectivity index (χ2v) is 5.87. The molecule has 0 unspecified atom stereocenters. The average molecular weight is 288 g/mol. The van der Waals surface area contributed by atoms with Gasteiger partial charge in [0.25, 0.3) is 0 Å². The van der Waals surface area contributed by atoms with Crippen molar-refractivity contribution in [1.29, 1.82) is 0 Å². The number of halogens is 1. The van der Waals surface area contributed by atoms with Crippen molar-refractivity contribution >= 4 is 11.6 Å². The molecule has 0 aliphatic rings. The molecule has 0 aliphatic heterocycles. The molecule has 0 saturated heterocycles. The van der Waals surface area contributed by atoms with E-state index in [0.717, 1.165) is 24.5 Å². The number of rotatable bonds is 5. The quantitative estimate of drug-likeness (QED) is 0.793. The summed E-state index contributed by atoms with van der Waals surface area (Å²) in [6.07, 6.45) is 1.03. The highest BCUT2D eigenvalue weighted by molar-refractivity contribution is 6.30. The van der Waals surface area contributed by atoms with Gasteiger partial charge in [-0.25, -0.2) is 0 Å². The average Bonchev–Trinajstić information content (AvgIpc) is 2.39. The largest absolute Gasteiger partial charge is 0.312 e. The Morgan fingerprint density at radius 1 is 0.950 bits per heavy atom. The predicted molar refractivity (Wildman–Crippen MR) is 87.5 cm³/mol. The molecular weight excluding hydrogens is 266 g/mol. The Kier molecular flexibility index (Phi) is 5.22. The standard InChI is InChI=1S/C18H22ClN/c1-13-10-14(2)18(15(3)11-13)12-20-9-8-16-4-6-17(19)7-5-16/h4-7,10-11,20H,8-9,12H2,1-3H3. The summed E-state index contributed by atoms with van der Waals surface area (Å²) < 4.78 is 0. The minimum Gasteiger partial charge on any atom is -0.312 e. The summed E-state index contributed by atoms with van der Waals surface area (Å²) in [6.45, 7) is 8.45. The first kappa shape index (κ1) is 15.1. The zero-order valence-electron chi connectivity index (χ0n) is 12.5. The number of benzene rings is 2. The van der Waals surface area contributed by atoms with Crippen molar-refractivity contribution in [2.45, 2.75) is 33.7 Å². The molecule has 0 saturated carbocycles. The molecule has 2 aromatic carbocycles. The van der Waals surface area contributed by atoms with Crippen molar-refractivity contribution in [3.8, 4) is 0 Å². The Labute approximate surface area is 127 Å². The molecule has 20 heavy (non-hydrogen) atoms. The van der Waals surface area contributed by atoms with E-state index in [-0.39, 0.29) is 0 Å². The van der Waals surface area contributed by atoms with E-state index >= 15 is 0 Å². The molecule has 2 rings (SSSR count). The van der Waals surface area contributed by atoms with Crippen LogP contribution in [0.1, 0.15) is 27.8 Å². The van der Waals surface area contributed by atoms with Gasteiger partial charge in [0.15, 0.2) is 0 Å². The Hall–Kier alpha value is -1.31. The zero-order valence-corrected chi connectivity index (χ0v) is 13.2. The van der Waals surface area contributed by atoms with Gasteiger partial charge in [-0.15, -0.1) is 0 Å². The summed E-state index contributed by atoms with van der Waals surface area (Å²) >= 11 is 5.88. The molecule has 0 atom stereocenters. The van der Waals surface area contributed by atoms with Gasteiger partial charge in [0.05, 0.1) is 0 Å². The van der Waals surface area contributed by atoms with Gasteiger partial charge >= 0.3 is 0 Å². The van der Waals surface area contributed by atoms with E-state index in [4.69, 9.17) is 11.6 Å². The Balaban J connectivity index is 1.86. The van der Waals surface area contributed by atoms with E-state index in [0.29, 0.717) is 0 Å². The lowest BCUT2D eigenvalue weighted by Crippen LogP contribution is -2.18. The maximum absolute atomic E-state index is 5.88. The van der Waals surface area contributed by atoms with Crippen LogP contribution in [0.5, 0.6) is 0 Å². The molecule has 0 spiro atoms. The van der Waals surface area contributed by atoms with E-state index in [9.17, 15) is 0 Å². The molecular formula is C18H22ClN. The fraction of sp³-hybridized carbons (Fsp3) is 0.333. The molecule has 106 valence electrons. The second kappa shape index (κ2) is 6.92. The molecule has 1 N–H and O–H groups in total. The van der Waals surface area contributed by atoms with Crippen LogP contribution in [0.4, 0.5) is 0 Å². The molecule has 1 nitrogen and oxygen atoms in total. The summed E-state index contributed by atoms with van der Waals surface area (Å²) in [6, 6.07) is 12.6. The van der Waals surface area contributed by atoms with Crippen LogP contribution in [-0.2, 0) is 13.0 Å². The predicted octanol–water partition coefficient (Wildman–Crippen LogP) is 4.60. The first-order valence-electron chi connectivity index (χ1n) is 7.08. The van der Waals surface area contributed by atoms with Gasteiger partial charge in [0.1, 0.15) is 0 Å². The van der Waals surface area contributed by atoms with Gasteiger partial charge in [-0.2, -0.15) is 0 Å². The molecule has 2 aromatic rings. The van der Waals surface area contributed by atoms with Crippen LogP contribution in [-0.4, -0.2) is 6.54 Å². The summed E-state index contributed by atoms with van der Waals surface area (Å²) in [5.41, 5.74) is 6.83. The van der Waals surface area contributed by atoms with Crippen LogP contribution in [0, 0.1) is 20.8 Å². The van der Waals surface area contributed by atoms with Crippen molar-refractivity contribution < 1.29 is 0 Å². The third-order valence-corrected chi connectivity index (χ3v) is 3.90. The van der Waals surface area contributed by atoms with Crippen LogP contribution in [0.25, 0.3) is 0 Å². The molecule has 0 aliphatic carbocycles. The third kappa shape index (κ3) is 4.09. The lowest BCUT2D eigenvalue weighted by atomic mass is 10.00. The van der Waals surface area contributed by atoms with Gasteiger partial charge in [0.2, 0.25) is 0 Å². The molecule has 0 aromatic heterocycles. The van der Waals surface area contributed by atoms with Gasteiger partial charge in [0, 0.05) is 11.6 Å². The minimum atomic E-state index is 0.799. The highest BCUT2D eigenvalue weighted by Crippen LogP contribution is 2.16. The van der Waals surface area contributed by atoms with E-state index in [2.05, 4.69) is 50.4 Å². The number of hydrogen-bond donors (Lipinski definition) is 1. The molecule has 0 bridgehead atoms. The number of aryl methyl sites for hydroxylation is 3. The summed E-state index contributed by atoms with van der Waals surface area (Å²) in [5.74, 6) is 0. The lowest BCUT2D eigenvalue weighted by Gasteiger charge is -2.12. The van der Waals surface area contributed by atoms with Crippen molar-refractivity contribution in [3.05, 3.63) is 69.2 Å². The monoisotopic (exact) mass is 287 g/mol.